The Labute approximate surface area is 100 Å². The fraction of sp³-hybridized carbons (Fsp3) is 0.273. The molecule has 0 radical (unpaired) electrons. The van der Waals surface area contributed by atoms with E-state index in [1.54, 1.807) is 6.92 Å². The van der Waals surface area contributed by atoms with Gasteiger partial charge in [0.15, 0.2) is 0 Å². The lowest BCUT2D eigenvalue weighted by Gasteiger charge is -2.08. The highest BCUT2D eigenvalue weighted by molar-refractivity contribution is 5.87. The highest BCUT2D eigenvalue weighted by Crippen LogP contribution is 2.32. The monoisotopic (exact) mass is 258 g/mol. The minimum absolute atomic E-state index is 0.132. The third-order valence-corrected chi connectivity index (χ3v) is 2.33. The summed E-state index contributed by atoms with van der Waals surface area (Å²) in [6.07, 6.45) is -2.15. The number of alkyl halides is 3. The lowest BCUT2D eigenvalue weighted by molar-refractivity contribution is -0.136. The molecule has 0 N–H and O–H groups in total. The zero-order valence-corrected chi connectivity index (χ0v) is 9.36. The molecule has 0 saturated heterocycles. The van der Waals surface area contributed by atoms with Gasteiger partial charge in [-0.2, -0.15) is 13.2 Å². The molecule has 2 aromatic heterocycles. The second-order valence-electron chi connectivity index (χ2n) is 3.48. The number of carbonyl (C=O) groups is 1. The van der Waals surface area contributed by atoms with Gasteiger partial charge >= 0.3 is 12.1 Å². The normalized spacial score (nSPS) is 11.8. The molecule has 0 amide bonds. The smallest absolute Gasteiger partial charge is 0.418 e. The maximum atomic E-state index is 12.7. The molecule has 0 aliphatic heterocycles. The van der Waals surface area contributed by atoms with E-state index < -0.39 is 17.7 Å². The first-order valence-electron chi connectivity index (χ1n) is 5.15. The second kappa shape index (κ2) is 4.32. The van der Waals surface area contributed by atoms with Crippen LogP contribution >= 0.6 is 0 Å². The molecular formula is C11H9F3N2O2. The van der Waals surface area contributed by atoms with Crippen molar-refractivity contribution in [1.82, 2.24) is 9.38 Å². The molecule has 2 heterocycles. The molecule has 0 fully saturated rings. The van der Waals surface area contributed by atoms with Crippen LogP contribution in [0, 0.1) is 0 Å². The van der Waals surface area contributed by atoms with Crippen molar-refractivity contribution in [3.8, 4) is 0 Å². The van der Waals surface area contributed by atoms with Crippen molar-refractivity contribution in [3.05, 3.63) is 35.9 Å². The van der Waals surface area contributed by atoms with Crippen molar-refractivity contribution in [1.29, 1.82) is 0 Å². The molecular weight excluding hydrogens is 249 g/mol. The number of esters is 1. The summed E-state index contributed by atoms with van der Waals surface area (Å²) in [5.41, 5.74) is -1.01. The predicted molar refractivity (Wildman–Crippen MR) is 56.2 cm³/mol. The minimum Gasteiger partial charge on any atom is -0.460 e. The van der Waals surface area contributed by atoms with Gasteiger partial charge in [-0.25, -0.2) is 9.78 Å². The average molecular weight is 258 g/mol. The van der Waals surface area contributed by atoms with Gasteiger partial charge in [0.2, 0.25) is 5.82 Å². The molecule has 0 aliphatic rings. The van der Waals surface area contributed by atoms with Crippen LogP contribution < -0.4 is 0 Å². The topological polar surface area (TPSA) is 43.6 Å². The molecule has 4 nitrogen and oxygen atoms in total. The highest BCUT2D eigenvalue weighted by Gasteiger charge is 2.33. The minimum atomic E-state index is -4.49. The summed E-state index contributed by atoms with van der Waals surface area (Å²) in [5, 5.41) is 0. The van der Waals surface area contributed by atoms with Gasteiger partial charge < -0.3 is 4.74 Å². The van der Waals surface area contributed by atoms with Crippen LogP contribution in [-0.2, 0) is 10.9 Å². The SMILES string of the molecule is CCOC(=O)c1ncc2c(C(F)(F)F)cccn12. The lowest BCUT2D eigenvalue weighted by atomic mass is 10.2. The Bertz CT molecular complexity index is 589. The molecule has 2 rings (SSSR count). The molecule has 18 heavy (non-hydrogen) atoms. The van der Waals surface area contributed by atoms with Crippen LogP contribution in [0.5, 0.6) is 0 Å². The van der Waals surface area contributed by atoms with Crippen LogP contribution in [0.2, 0.25) is 0 Å². The zero-order chi connectivity index (χ0) is 13.3. The van der Waals surface area contributed by atoms with E-state index in [9.17, 15) is 18.0 Å². The summed E-state index contributed by atoms with van der Waals surface area (Å²) in [6, 6.07) is 2.15. The van der Waals surface area contributed by atoms with Gasteiger partial charge in [-0.1, -0.05) is 0 Å². The molecule has 7 heteroatoms. The second-order valence-corrected chi connectivity index (χ2v) is 3.48. The van der Waals surface area contributed by atoms with E-state index in [1.807, 2.05) is 0 Å². The number of hydrogen-bond donors (Lipinski definition) is 0. The van der Waals surface area contributed by atoms with Gasteiger partial charge in [0.25, 0.3) is 0 Å². The Kier molecular flexibility index (Phi) is 2.98. The number of ether oxygens (including phenoxy) is 1. The van der Waals surface area contributed by atoms with E-state index >= 15 is 0 Å². The number of carbonyl (C=O) groups excluding carboxylic acids is 1. The number of imidazole rings is 1. The van der Waals surface area contributed by atoms with Gasteiger partial charge in [0.1, 0.15) is 0 Å². The van der Waals surface area contributed by atoms with Crippen molar-refractivity contribution in [3.63, 3.8) is 0 Å². The number of fused-ring (bicyclic) bond motifs is 1. The molecule has 2 aromatic rings. The van der Waals surface area contributed by atoms with Crippen molar-refractivity contribution in [2.24, 2.45) is 0 Å². The fourth-order valence-electron chi connectivity index (χ4n) is 1.61. The molecule has 0 bridgehead atoms. The Morgan fingerprint density at radius 2 is 2.22 bits per heavy atom. The fourth-order valence-corrected chi connectivity index (χ4v) is 1.61. The summed E-state index contributed by atoms with van der Waals surface area (Å²) in [5.74, 6) is -0.922. The maximum Gasteiger partial charge on any atom is 0.418 e. The number of hydrogen-bond acceptors (Lipinski definition) is 3. The van der Waals surface area contributed by atoms with Crippen LogP contribution in [0.25, 0.3) is 5.52 Å². The highest BCUT2D eigenvalue weighted by atomic mass is 19.4. The average Bonchev–Trinajstić information content (AvgIpc) is 2.71. The number of aromatic nitrogens is 2. The van der Waals surface area contributed by atoms with E-state index in [4.69, 9.17) is 4.74 Å². The first-order valence-corrected chi connectivity index (χ1v) is 5.15. The Morgan fingerprint density at radius 3 is 2.83 bits per heavy atom. The van der Waals surface area contributed by atoms with Crippen LogP contribution in [0.15, 0.2) is 24.5 Å². The Hall–Kier alpha value is -2.05. The van der Waals surface area contributed by atoms with Gasteiger partial charge in [0.05, 0.1) is 23.9 Å². The maximum absolute atomic E-state index is 12.7. The van der Waals surface area contributed by atoms with Crippen molar-refractivity contribution in [2.45, 2.75) is 13.1 Å². The largest absolute Gasteiger partial charge is 0.460 e. The van der Waals surface area contributed by atoms with Crippen molar-refractivity contribution >= 4 is 11.5 Å². The van der Waals surface area contributed by atoms with Crippen LogP contribution in [0.4, 0.5) is 13.2 Å². The lowest BCUT2D eigenvalue weighted by Crippen LogP contribution is -2.11. The van der Waals surface area contributed by atoms with E-state index in [-0.39, 0.29) is 17.9 Å². The molecule has 96 valence electrons. The summed E-state index contributed by atoms with van der Waals surface area (Å²) >= 11 is 0. The third-order valence-electron chi connectivity index (χ3n) is 2.33. The first kappa shape index (κ1) is 12.4. The molecule has 0 aliphatic carbocycles. The van der Waals surface area contributed by atoms with Gasteiger partial charge in [-0.3, -0.25) is 4.40 Å². The van der Waals surface area contributed by atoms with Crippen molar-refractivity contribution < 1.29 is 22.7 Å². The standard InChI is InChI=1S/C11H9F3N2O2/c1-2-18-10(17)9-15-6-8-7(11(12,13)14)4-3-5-16(8)9/h3-6H,2H2,1H3. The van der Waals surface area contributed by atoms with Crippen molar-refractivity contribution in [2.75, 3.05) is 6.61 Å². The summed E-state index contributed by atoms with van der Waals surface area (Å²) < 4.78 is 43.9. The first-order chi connectivity index (χ1) is 8.45. The summed E-state index contributed by atoms with van der Waals surface area (Å²) in [6.45, 7) is 1.74. The van der Waals surface area contributed by atoms with E-state index in [2.05, 4.69) is 4.98 Å². The molecule has 0 unspecified atom stereocenters. The van der Waals surface area contributed by atoms with E-state index in [0.717, 1.165) is 16.7 Å². The zero-order valence-electron chi connectivity index (χ0n) is 9.36. The number of pyridine rings is 1. The van der Waals surface area contributed by atoms with Crippen LogP contribution in [0.1, 0.15) is 23.1 Å². The van der Waals surface area contributed by atoms with E-state index in [1.165, 1.54) is 12.3 Å². The molecule has 0 spiro atoms. The summed E-state index contributed by atoms with van der Waals surface area (Å²) in [7, 11) is 0. The van der Waals surface area contributed by atoms with Crippen LogP contribution in [0.3, 0.4) is 0 Å². The molecule has 0 atom stereocenters. The quantitative estimate of drug-likeness (QED) is 0.777. The molecule has 0 saturated carbocycles. The number of nitrogens with zero attached hydrogens (tertiary/aromatic N) is 2. The van der Waals surface area contributed by atoms with Gasteiger partial charge in [0, 0.05) is 6.20 Å². The van der Waals surface area contributed by atoms with E-state index in [0.29, 0.717) is 0 Å². The predicted octanol–water partition coefficient (Wildman–Crippen LogP) is 2.53. The van der Waals surface area contributed by atoms with Crippen LogP contribution in [-0.4, -0.2) is 22.0 Å². The number of halogens is 3. The van der Waals surface area contributed by atoms with Gasteiger partial charge in [-0.15, -0.1) is 0 Å². The third kappa shape index (κ3) is 2.03. The summed E-state index contributed by atoms with van der Waals surface area (Å²) in [4.78, 5) is 15.2. The molecule has 0 aromatic carbocycles. The Balaban J connectivity index is 2.59. The number of rotatable bonds is 2. The van der Waals surface area contributed by atoms with Gasteiger partial charge in [-0.05, 0) is 19.1 Å². The Morgan fingerprint density at radius 1 is 1.50 bits per heavy atom.